The van der Waals surface area contributed by atoms with Gasteiger partial charge in [-0.1, -0.05) is 23.2 Å². The minimum atomic E-state index is -0.798. The van der Waals surface area contributed by atoms with Gasteiger partial charge in [-0.3, -0.25) is 0 Å². The second kappa shape index (κ2) is 6.51. The summed E-state index contributed by atoms with van der Waals surface area (Å²) < 4.78 is 4.64. The number of aliphatic hydroxyl groups excluding tert-OH is 1. The van der Waals surface area contributed by atoms with Crippen LogP contribution in [0.2, 0.25) is 10.0 Å². The van der Waals surface area contributed by atoms with Gasteiger partial charge in [-0.15, -0.1) is 0 Å². The highest BCUT2D eigenvalue weighted by molar-refractivity contribution is 6.42. The van der Waals surface area contributed by atoms with Crippen molar-refractivity contribution >= 4 is 40.9 Å². The SMILES string of the molecule is COC(=O)C1CC(O)CN1C(=O)Nc1ccc(Cl)c(Cl)c1. The number of aliphatic hydroxyl groups is 1. The zero-order valence-electron chi connectivity index (χ0n) is 11.2. The molecule has 0 spiro atoms. The van der Waals surface area contributed by atoms with E-state index < -0.39 is 24.1 Å². The third-order valence-corrected chi connectivity index (χ3v) is 3.92. The van der Waals surface area contributed by atoms with Crippen LogP contribution in [0.5, 0.6) is 0 Å². The highest BCUT2D eigenvalue weighted by atomic mass is 35.5. The van der Waals surface area contributed by atoms with Gasteiger partial charge in [0.05, 0.1) is 23.3 Å². The van der Waals surface area contributed by atoms with Crippen molar-refractivity contribution in [2.45, 2.75) is 18.6 Å². The molecule has 1 fully saturated rings. The van der Waals surface area contributed by atoms with Crippen LogP contribution in [-0.2, 0) is 9.53 Å². The molecular formula is C13H14Cl2N2O4. The molecule has 0 aromatic heterocycles. The third kappa shape index (κ3) is 3.58. The molecule has 2 unspecified atom stereocenters. The first-order valence-corrected chi connectivity index (χ1v) is 6.96. The number of rotatable bonds is 2. The van der Waals surface area contributed by atoms with Crippen LogP contribution in [0.3, 0.4) is 0 Å². The van der Waals surface area contributed by atoms with Crippen molar-refractivity contribution in [1.29, 1.82) is 0 Å². The van der Waals surface area contributed by atoms with Gasteiger partial charge in [0, 0.05) is 18.7 Å². The van der Waals surface area contributed by atoms with E-state index >= 15 is 0 Å². The van der Waals surface area contributed by atoms with Crippen molar-refractivity contribution in [3.8, 4) is 0 Å². The van der Waals surface area contributed by atoms with Crippen LogP contribution in [0.1, 0.15) is 6.42 Å². The maximum Gasteiger partial charge on any atom is 0.328 e. The summed E-state index contributed by atoms with van der Waals surface area (Å²) in [7, 11) is 1.24. The Morgan fingerprint density at radius 2 is 2.10 bits per heavy atom. The molecule has 2 rings (SSSR count). The Morgan fingerprint density at radius 1 is 1.38 bits per heavy atom. The van der Waals surface area contributed by atoms with Gasteiger partial charge in [0.15, 0.2) is 0 Å². The topological polar surface area (TPSA) is 78.9 Å². The number of carbonyl (C=O) groups excluding carboxylic acids is 2. The lowest BCUT2D eigenvalue weighted by Crippen LogP contribution is -2.43. The van der Waals surface area contributed by atoms with E-state index in [1.807, 2.05) is 0 Å². The van der Waals surface area contributed by atoms with E-state index in [9.17, 15) is 14.7 Å². The van der Waals surface area contributed by atoms with E-state index in [-0.39, 0.29) is 13.0 Å². The average molecular weight is 333 g/mol. The van der Waals surface area contributed by atoms with Crippen molar-refractivity contribution in [2.24, 2.45) is 0 Å². The second-order valence-electron chi connectivity index (χ2n) is 4.64. The Labute approximate surface area is 131 Å². The number of β-amino-alcohol motifs (C(OH)–C–C–N with tert-alkyl or cyclic N) is 1. The Hall–Kier alpha value is -1.50. The van der Waals surface area contributed by atoms with Crippen LogP contribution < -0.4 is 5.32 Å². The number of anilines is 1. The summed E-state index contributed by atoms with van der Waals surface area (Å²) in [4.78, 5) is 25.1. The lowest BCUT2D eigenvalue weighted by molar-refractivity contribution is -0.144. The molecule has 21 heavy (non-hydrogen) atoms. The minimum absolute atomic E-state index is 0.0624. The zero-order chi connectivity index (χ0) is 15.6. The molecule has 1 heterocycles. The largest absolute Gasteiger partial charge is 0.467 e. The fraction of sp³-hybridized carbons (Fsp3) is 0.385. The van der Waals surface area contributed by atoms with Gasteiger partial charge in [-0.05, 0) is 18.2 Å². The first kappa shape index (κ1) is 15.9. The predicted octanol–water partition coefficient (Wildman–Crippen LogP) is 2.13. The number of hydrogen-bond acceptors (Lipinski definition) is 4. The molecule has 114 valence electrons. The summed E-state index contributed by atoms with van der Waals surface area (Å²) in [6, 6.07) is 3.33. The summed E-state index contributed by atoms with van der Waals surface area (Å²) in [6.07, 6.45) is -0.602. The van der Waals surface area contributed by atoms with Crippen molar-refractivity contribution in [3.63, 3.8) is 0 Å². The van der Waals surface area contributed by atoms with E-state index in [2.05, 4.69) is 10.1 Å². The number of esters is 1. The van der Waals surface area contributed by atoms with Crippen LogP contribution in [-0.4, -0.2) is 47.8 Å². The van der Waals surface area contributed by atoms with Crippen molar-refractivity contribution in [1.82, 2.24) is 4.90 Å². The first-order valence-electron chi connectivity index (χ1n) is 6.21. The van der Waals surface area contributed by atoms with Crippen molar-refractivity contribution in [2.75, 3.05) is 19.0 Å². The summed E-state index contributed by atoms with van der Waals surface area (Å²) >= 11 is 11.7. The predicted molar refractivity (Wildman–Crippen MR) is 78.6 cm³/mol. The van der Waals surface area contributed by atoms with E-state index in [0.717, 1.165) is 0 Å². The van der Waals surface area contributed by atoms with Crippen LogP contribution in [0.25, 0.3) is 0 Å². The monoisotopic (exact) mass is 332 g/mol. The number of carbonyl (C=O) groups is 2. The van der Waals surface area contributed by atoms with Crippen molar-refractivity contribution < 1.29 is 19.4 Å². The van der Waals surface area contributed by atoms with Gasteiger partial charge < -0.3 is 20.1 Å². The number of amides is 2. The molecule has 2 atom stereocenters. The fourth-order valence-corrected chi connectivity index (χ4v) is 2.46. The number of likely N-dealkylation sites (tertiary alicyclic amines) is 1. The number of nitrogens with zero attached hydrogens (tertiary/aromatic N) is 1. The molecule has 2 amide bonds. The lowest BCUT2D eigenvalue weighted by atomic mass is 10.2. The molecule has 2 N–H and O–H groups in total. The molecule has 0 saturated carbocycles. The van der Waals surface area contributed by atoms with Crippen LogP contribution >= 0.6 is 23.2 Å². The maximum absolute atomic E-state index is 12.2. The molecule has 0 aliphatic carbocycles. The van der Waals surface area contributed by atoms with Gasteiger partial charge >= 0.3 is 12.0 Å². The molecule has 1 aliphatic heterocycles. The van der Waals surface area contributed by atoms with E-state index in [1.54, 1.807) is 12.1 Å². The molecule has 1 saturated heterocycles. The van der Waals surface area contributed by atoms with Gasteiger partial charge in [0.1, 0.15) is 6.04 Å². The van der Waals surface area contributed by atoms with E-state index in [4.69, 9.17) is 23.2 Å². The van der Waals surface area contributed by atoms with Crippen molar-refractivity contribution in [3.05, 3.63) is 28.2 Å². The number of ether oxygens (including phenoxy) is 1. The molecule has 1 aromatic rings. The smallest absolute Gasteiger partial charge is 0.328 e. The fourth-order valence-electron chi connectivity index (χ4n) is 2.17. The highest BCUT2D eigenvalue weighted by Crippen LogP contribution is 2.26. The number of benzene rings is 1. The quantitative estimate of drug-likeness (QED) is 0.813. The second-order valence-corrected chi connectivity index (χ2v) is 5.45. The van der Waals surface area contributed by atoms with Gasteiger partial charge in [0.2, 0.25) is 0 Å². The molecule has 0 bridgehead atoms. The number of hydrogen-bond donors (Lipinski definition) is 2. The maximum atomic E-state index is 12.2. The lowest BCUT2D eigenvalue weighted by Gasteiger charge is -2.22. The number of methoxy groups -OCH3 is 1. The molecule has 1 aliphatic rings. The number of urea groups is 1. The van der Waals surface area contributed by atoms with E-state index in [0.29, 0.717) is 15.7 Å². The summed E-state index contributed by atoms with van der Waals surface area (Å²) in [5, 5.41) is 12.9. The number of nitrogens with one attached hydrogen (secondary N) is 1. The van der Waals surface area contributed by atoms with Crippen LogP contribution in [0.15, 0.2) is 18.2 Å². The zero-order valence-corrected chi connectivity index (χ0v) is 12.7. The Morgan fingerprint density at radius 3 is 2.71 bits per heavy atom. The Kier molecular flexibility index (Phi) is 4.92. The average Bonchev–Trinajstić information content (AvgIpc) is 2.84. The number of halogens is 2. The third-order valence-electron chi connectivity index (χ3n) is 3.18. The van der Waals surface area contributed by atoms with Crippen LogP contribution in [0, 0.1) is 0 Å². The molecule has 1 aromatic carbocycles. The Balaban J connectivity index is 2.11. The first-order chi connectivity index (χ1) is 9.92. The summed E-state index contributed by atoms with van der Waals surface area (Å²) in [5.41, 5.74) is 0.444. The van der Waals surface area contributed by atoms with Crippen LogP contribution in [0.4, 0.5) is 10.5 Å². The minimum Gasteiger partial charge on any atom is -0.467 e. The van der Waals surface area contributed by atoms with E-state index in [1.165, 1.54) is 18.1 Å². The van der Waals surface area contributed by atoms with Gasteiger partial charge in [-0.2, -0.15) is 0 Å². The summed E-state index contributed by atoms with van der Waals surface area (Å²) in [6.45, 7) is 0.0624. The Bertz CT molecular complexity index is 567. The van der Waals surface area contributed by atoms with Gasteiger partial charge in [-0.25, -0.2) is 9.59 Å². The highest BCUT2D eigenvalue weighted by Gasteiger charge is 2.39. The molecular weight excluding hydrogens is 319 g/mol. The molecule has 6 nitrogen and oxygen atoms in total. The molecule has 8 heteroatoms. The normalized spacial score (nSPS) is 21.2. The summed E-state index contributed by atoms with van der Waals surface area (Å²) in [5.74, 6) is -0.559. The standard InChI is InChI=1S/C13H14Cl2N2O4/c1-21-12(19)11-5-8(18)6-17(11)13(20)16-7-2-3-9(14)10(15)4-7/h2-4,8,11,18H,5-6H2,1H3,(H,16,20). The molecule has 0 radical (unpaired) electrons. The van der Waals surface area contributed by atoms with Gasteiger partial charge in [0.25, 0.3) is 0 Å².